The number of carboxylic acids is 1. The molecule has 0 amide bonds. The normalized spacial score (nSPS) is 13.9. The first-order valence-corrected chi connectivity index (χ1v) is 12.0. The van der Waals surface area contributed by atoms with Gasteiger partial charge >= 0.3 is 5.97 Å². The summed E-state index contributed by atoms with van der Waals surface area (Å²) in [6.45, 7) is 1.59. The molecule has 0 bridgehead atoms. The molecule has 1 aliphatic rings. The van der Waals surface area contributed by atoms with Crippen LogP contribution in [0, 0.1) is 0 Å². The molecule has 36 heavy (non-hydrogen) atoms. The third-order valence-electron chi connectivity index (χ3n) is 6.54. The van der Waals surface area contributed by atoms with Gasteiger partial charge in [-0.1, -0.05) is 0 Å². The largest absolute Gasteiger partial charge is 0.493 e. The van der Waals surface area contributed by atoms with Crippen LogP contribution >= 0.6 is 0 Å². The van der Waals surface area contributed by atoms with Gasteiger partial charge in [0, 0.05) is 43.4 Å². The van der Waals surface area contributed by atoms with Crippen LogP contribution in [0.15, 0.2) is 54.9 Å². The second-order valence-corrected chi connectivity index (χ2v) is 8.95. The molecule has 9 heteroatoms. The maximum Gasteiger partial charge on any atom is 0.305 e. The van der Waals surface area contributed by atoms with Crippen molar-refractivity contribution in [2.24, 2.45) is 0 Å². The maximum absolute atomic E-state index is 11.6. The van der Waals surface area contributed by atoms with Crippen molar-refractivity contribution in [2.75, 3.05) is 32.2 Å². The Morgan fingerprint density at radius 1 is 1.17 bits per heavy atom. The number of ether oxygens (including phenoxy) is 2. The van der Waals surface area contributed by atoms with Crippen molar-refractivity contribution in [3.8, 4) is 11.6 Å². The minimum absolute atomic E-state index is 0.118. The molecule has 4 heterocycles. The summed E-state index contributed by atoms with van der Waals surface area (Å²) in [6.07, 6.45) is 6.11. The summed E-state index contributed by atoms with van der Waals surface area (Å²) in [5.41, 5.74) is 4.98. The number of nitrogens with zero attached hydrogens (tertiary/aromatic N) is 5. The first-order chi connectivity index (χ1) is 17.5. The first-order valence-electron chi connectivity index (χ1n) is 12.0. The molecule has 0 saturated carbocycles. The van der Waals surface area contributed by atoms with Crippen LogP contribution in [0.2, 0.25) is 0 Å². The summed E-state index contributed by atoms with van der Waals surface area (Å²) < 4.78 is 12.9. The molecule has 5 rings (SSSR count). The average Bonchev–Trinajstić information content (AvgIpc) is 3.30. The number of aromatic nitrogens is 4. The fourth-order valence-electron chi connectivity index (χ4n) is 4.68. The van der Waals surface area contributed by atoms with Crippen LogP contribution < -0.4 is 14.4 Å². The van der Waals surface area contributed by atoms with Crippen molar-refractivity contribution in [3.05, 3.63) is 71.8 Å². The first kappa shape index (κ1) is 23.6. The molecule has 3 aromatic heterocycles. The number of aryl methyl sites for hydroxylation is 1. The van der Waals surface area contributed by atoms with Gasteiger partial charge in [-0.15, -0.1) is 0 Å². The number of hydrogen-bond acceptors (Lipinski definition) is 7. The monoisotopic (exact) mass is 487 g/mol. The minimum Gasteiger partial charge on any atom is -0.493 e. The van der Waals surface area contributed by atoms with Crippen molar-refractivity contribution >= 4 is 22.6 Å². The Balaban J connectivity index is 1.30. The number of fused-ring (bicyclic) bond motifs is 2. The Hall–Kier alpha value is -4.14. The van der Waals surface area contributed by atoms with Crippen molar-refractivity contribution in [1.29, 1.82) is 0 Å². The number of aliphatic carboxylic acids is 1. The SMILES string of the molecule is COc1ccc(C(CC(=O)O)n2ncc3cc(OCCc4ccc5c(n4)CCCN5C)ccc32)cn1. The van der Waals surface area contributed by atoms with E-state index in [2.05, 4.69) is 34.2 Å². The van der Waals surface area contributed by atoms with Gasteiger partial charge in [0.25, 0.3) is 0 Å². The lowest BCUT2D eigenvalue weighted by Crippen LogP contribution is -2.25. The fraction of sp³-hybridized carbons (Fsp3) is 0.333. The van der Waals surface area contributed by atoms with E-state index < -0.39 is 12.0 Å². The second-order valence-electron chi connectivity index (χ2n) is 8.95. The molecule has 1 N–H and O–H groups in total. The van der Waals surface area contributed by atoms with Crippen LogP contribution in [-0.4, -0.2) is 58.1 Å². The van der Waals surface area contributed by atoms with E-state index in [9.17, 15) is 9.90 Å². The van der Waals surface area contributed by atoms with Gasteiger partial charge in [0.05, 0.1) is 49.3 Å². The van der Waals surface area contributed by atoms with Crippen LogP contribution in [0.1, 0.15) is 35.8 Å². The Bertz CT molecular complexity index is 1370. The van der Waals surface area contributed by atoms with Gasteiger partial charge in [-0.05, 0) is 54.8 Å². The highest BCUT2D eigenvalue weighted by molar-refractivity contribution is 5.81. The molecule has 1 atom stereocenters. The summed E-state index contributed by atoms with van der Waals surface area (Å²) in [5, 5.41) is 14.9. The molecule has 186 valence electrons. The van der Waals surface area contributed by atoms with Crippen LogP contribution in [0.4, 0.5) is 5.69 Å². The Kier molecular flexibility index (Phi) is 6.71. The van der Waals surface area contributed by atoms with E-state index in [1.54, 1.807) is 30.3 Å². The van der Waals surface area contributed by atoms with Crippen molar-refractivity contribution in [3.63, 3.8) is 0 Å². The molecule has 0 saturated heterocycles. The van der Waals surface area contributed by atoms with E-state index in [1.807, 2.05) is 24.3 Å². The van der Waals surface area contributed by atoms with Crippen LogP contribution in [0.5, 0.6) is 11.6 Å². The highest BCUT2D eigenvalue weighted by Gasteiger charge is 2.21. The number of rotatable bonds is 9. The predicted molar refractivity (Wildman–Crippen MR) is 136 cm³/mol. The quantitative estimate of drug-likeness (QED) is 0.379. The van der Waals surface area contributed by atoms with Crippen LogP contribution in [0.25, 0.3) is 10.9 Å². The molecule has 0 fully saturated rings. The number of carboxylic acid groups (broad SMARTS) is 1. The Morgan fingerprint density at radius 3 is 2.83 bits per heavy atom. The van der Waals surface area contributed by atoms with E-state index in [1.165, 1.54) is 5.69 Å². The molecule has 1 aromatic carbocycles. The topological polar surface area (TPSA) is 103 Å². The maximum atomic E-state index is 11.6. The summed E-state index contributed by atoms with van der Waals surface area (Å²) >= 11 is 0. The van der Waals surface area contributed by atoms with E-state index in [-0.39, 0.29) is 6.42 Å². The molecule has 0 radical (unpaired) electrons. The number of benzene rings is 1. The average molecular weight is 488 g/mol. The summed E-state index contributed by atoms with van der Waals surface area (Å²) in [5.74, 6) is 0.292. The summed E-state index contributed by atoms with van der Waals surface area (Å²) in [6, 6.07) is 13.0. The summed E-state index contributed by atoms with van der Waals surface area (Å²) in [4.78, 5) is 22.9. The molecule has 1 unspecified atom stereocenters. The lowest BCUT2D eigenvalue weighted by Gasteiger charge is -2.26. The van der Waals surface area contributed by atoms with Gasteiger partial charge in [0.2, 0.25) is 5.88 Å². The van der Waals surface area contributed by atoms with Crippen molar-refractivity contribution in [1.82, 2.24) is 19.7 Å². The van der Waals surface area contributed by atoms with Gasteiger partial charge in [0.15, 0.2) is 0 Å². The Labute approximate surface area is 209 Å². The number of pyridine rings is 2. The second kappa shape index (κ2) is 10.2. The van der Waals surface area contributed by atoms with Gasteiger partial charge in [-0.2, -0.15) is 5.10 Å². The zero-order valence-corrected chi connectivity index (χ0v) is 20.4. The molecule has 9 nitrogen and oxygen atoms in total. The molecular formula is C27H29N5O4. The fourth-order valence-corrected chi connectivity index (χ4v) is 4.68. The molecular weight excluding hydrogens is 458 g/mol. The van der Waals surface area contributed by atoms with Crippen molar-refractivity contribution in [2.45, 2.75) is 31.7 Å². The van der Waals surface area contributed by atoms with Gasteiger partial charge in [-0.3, -0.25) is 14.5 Å². The number of methoxy groups -OCH3 is 1. The Morgan fingerprint density at radius 2 is 2.06 bits per heavy atom. The zero-order chi connectivity index (χ0) is 25.1. The molecule has 0 aliphatic carbocycles. The van der Waals surface area contributed by atoms with Gasteiger partial charge < -0.3 is 19.5 Å². The smallest absolute Gasteiger partial charge is 0.305 e. The summed E-state index contributed by atoms with van der Waals surface area (Å²) in [7, 11) is 3.65. The van der Waals surface area contributed by atoms with Crippen molar-refractivity contribution < 1.29 is 19.4 Å². The lowest BCUT2D eigenvalue weighted by molar-refractivity contribution is -0.137. The van der Waals surface area contributed by atoms with Gasteiger partial charge in [-0.25, -0.2) is 4.98 Å². The number of anilines is 1. The van der Waals surface area contributed by atoms with E-state index in [0.29, 0.717) is 12.5 Å². The minimum atomic E-state index is -0.915. The third-order valence-corrected chi connectivity index (χ3v) is 6.54. The van der Waals surface area contributed by atoms with E-state index >= 15 is 0 Å². The molecule has 0 spiro atoms. The third kappa shape index (κ3) is 4.95. The highest BCUT2D eigenvalue weighted by Crippen LogP contribution is 2.29. The zero-order valence-electron chi connectivity index (χ0n) is 20.4. The lowest BCUT2D eigenvalue weighted by atomic mass is 10.1. The predicted octanol–water partition coefficient (Wildman–Crippen LogP) is 3.90. The van der Waals surface area contributed by atoms with E-state index in [0.717, 1.165) is 59.4 Å². The molecule has 4 aromatic rings. The highest BCUT2D eigenvalue weighted by atomic mass is 16.5. The number of hydrogen-bond donors (Lipinski definition) is 1. The van der Waals surface area contributed by atoms with E-state index in [4.69, 9.17) is 14.5 Å². The standard InChI is InChI=1S/C27H29N5O4/c1-31-12-3-4-22-24(31)8-6-20(30-22)11-13-36-21-7-9-23-19(14-21)17-29-32(23)25(15-27(33)34)18-5-10-26(35-2)28-16-18/h5-10,14,16-17,25H,3-4,11-13,15H2,1-2H3,(H,33,34). The van der Waals surface area contributed by atoms with Crippen LogP contribution in [0.3, 0.4) is 0 Å². The molecule has 1 aliphatic heterocycles. The van der Waals surface area contributed by atoms with Gasteiger partial charge in [0.1, 0.15) is 5.75 Å². The van der Waals surface area contributed by atoms with Crippen LogP contribution in [-0.2, 0) is 17.6 Å². The number of carbonyl (C=O) groups is 1.